The van der Waals surface area contributed by atoms with Crippen LogP contribution in [0.4, 0.5) is 10.8 Å². The maximum atomic E-state index is 5.88. The van der Waals surface area contributed by atoms with Gasteiger partial charge in [-0.15, -0.1) is 10.2 Å². The molecular weight excluding hydrogens is 244 g/mol. The summed E-state index contributed by atoms with van der Waals surface area (Å²) in [6.45, 7) is 2.40. The monoisotopic (exact) mass is 254 g/mol. The van der Waals surface area contributed by atoms with Crippen molar-refractivity contribution in [3.05, 3.63) is 33.8 Å². The number of hydrogen-bond acceptors (Lipinski definition) is 5. The summed E-state index contributed by atoms with van der Waals surface area (Å²) in [7, 11) is 0. The molecule has 0 amide bonds. The van der Waals surface area contributed by atoms with Crippen molar-refractivity contribution in [1.82, 2.24) is 10.2 Å². The summed E-state index contributed by atoms with van der Waals surface area (Å²) in [5, 5.41) is 13.4. The summed E-state index contributed by atoms with van der Waals surface area (Å²) in [6, 6.07) is 5.65. The number of nitrogens with one attached hydrogen (secondary N) is 1. The summed E-state index contributed by atoms with van der Waals surface area (Å²) in [5.41, 5.74) is 7.51. The average molecular weight is 255 g/mol. The van der Waals surface area contributed by atoms with Crippen molar-refractivity contribution in [2.45, 2.75) is 13.5 Å². The van der Waals surface area contributed by atoms with Gasteiger partial charge in [-0.25, -0.2) is 0 Å². The van der Waals surface area contributed by atoms with Crippen molar-refractivity contribution in [1.29, 1.82) is 0 Å². The highest BCUT2D eigenvalue weighted by Gasteiger charge is 2.04. The largest absolute Gasteiger partial charge is 0.330 e. The molecule has 1 aromatic heterocycles. The Morgan fingerprint density at radius 1 is 1.44 bits per heavy atom. The number of anilines is 2. The summed E-state index contributed by atoms with van der Waals surface area (Å²) >= 11 is 7.33. The zero-order chi connectivity index (χ0) is 11.5. The van der Waals surface area contributed by atoms with Crippen LogP contribution in [-0.4, -0.2) is 10.2 Å². The molecule has 0 radical (unpaired) electrons. The van der Waals surface area contributed by atoms with Gasteiger partial charge in [-0.2, -0.15) is 0 Å². The smallest absolute Gasteiger partial charge is 0.210 e. The van der Waals surface area contributed by atoms with E-state index in [4.69, 9.17) is 17.3 Å². The van der Waals surface area contributed by atoms with E-state index < -0.39 is 0 Å². The van der Waals surface area contributed by atoms with Gasteiger partial charge >= 0.3 is 0 Å². The number of aromatic nitrogens is 2. The first-order valence-electron chi connectivity index (χ1n) is 4.74. The number of nitrogens with zero attached hydrogens (tertiary/aromatic N) is 2. The van der Waals surface area contributed by atoms with Gasteiger partial charge in [-0.3, -0.25) is 0 Å². The topological polar surface area (TPSA) is 63.8 Å². The van der Waals surface area contributed by atoms with Crippen molar-refractivity contribution in [2.24, 2.45) is 5.73 Å². The molecule has 0 aliphatic heterocycles. The van der Waals surface area contributed by atoms with Crippen LogP contribution in [0, 0.1) is 6.92 Å². The highest BCUT2D eigenvalue weighted by Crippen LogP contribution is 2.25. The fourth-order valence-corrected chi connectivity index (χ4v) is 2.13. The van der Waals surface area contributed by atoms with Crippen LogP contribution in [0.5, 0.6) is 0 Å². The maximum Gasteiger partial charge on any atom is 0.210 e. The number of hydrogen-bond donors (Lipinski definition) is 2. The Morgan fingerprint density at radius 2 is 2.25 bits per heavy atom. The van der Waals surface area contributed by atoms with E-state index in [-0.39, 0.29) is 0 Å². The van der Waals surface area contributed by atoms with E-state index in [1.54, 1.807) is 0 Å². The molecule has 0 bridgehead atoms. The van der Waals surface area contributed by atoms with E-state index in [2.05, 4.69) is 15.5 Å². The number of halogens is 1. The summed E-state index contributed by atoms with van der Waals surface area (Å²) < 4.78 is 0. The molecule has 2 aromatic rings. The highest BCUT2D eigenvalue weighted by molar-refractivity contribution is 7.15. The molecule has 0 saturated carbocycles. The maximum absolute atomic E-state index is 5.88. The van der Waals surface area contributed by atoms with Crippen molar-refractivity contribution in [3.8, 4) is 0 Å². The fourth-order valence-electron chi connectivity index (χ4n) is 1.27. The molecule has 0 spiro atoms. The average Bonchev–Trinajstić information content (AvgIpc) is 2.70. The summed E-state index contributed by atoms with van der Waals surface area (Å²) in [5.74, 6) is 0. The van der Waals surface area contributed by atoms with Crippen LogP contribution in [0.15, 0.2) is 18.2 Å². The second-order valence-electron chi connectivity index (χ2n) is 3.29. The van der Waals surface area contributed by atoms with Crippen LogP contribution in [0.1, 0.15) is 10.6 Å². The Labute approximate surface area is 102 Å². The fraction of sp³-hybridized carbons (Fsp3) is 0.200. The van der Waals surface area contributed by atoms with Gasteiger partial charge in [0.1, 0.15) is 5.01 Å². The first kappa shape index (κ1) is 11.3. The van der Waals surface area contributed by atoms with Crippen molar-refractivity contribution in [3.63, 3.8) is 0 Å². The summed E-state index contributed by atoms with van der Waals surface area (Å²) in [4.78, 5) is 0. The van der Waals surface area contributed by atoms with E-state index >= 15 is 0 Å². The molecule has 0 saturated heterocycles. The Balaban J connectivity index is 2.20. The van der Waals surface area contributed by atoms with E-state index in [1.165, 1.54) is 11.3 Å². The Morgan fingerprint density at radius 3 is 2.88 bits per heavy atom. The zero-order valence-electron chi connectivity index (χ0n) is 8.70. The molecule has 16 heavy (non-hydrogen) atoms. The van der Waals surface area contributed by atoms with Gasteiger partial charge < -0.3 is 11.1 Å². The van der Waals surface area contributed by atoms with Crippen molar-refractivity contribution in [2.75, 3.05) is 5.32 Å². The van der Waals surface area contributed by atoms with E-state index in [0.717, 1.165) is 26.4 Å². The van der Waals surface area contributed by atoms with Gasteiger partial charge in [0.05, 0.1) is 0 Å². The van der Waals surface area contributed by atoms with Crippen LogP contribution in [0.3, 0.4) is 0 Å². The van der Waals surface area contributed by atoms with Crippen LogP contribution in [-0.2, 0) is 6.54 Å². The SMILES string of the molecule is Cc1cc(Cl)ccc1Nc1nnc(CN)s1. The lowest BCUT2D eigenvalue weighted by atomic mass is 10.2. The third-order valence-corrected chi connectivity index (χ3v) is 3.17. The molecule has 1 aromatic carbocycles. The molecule has 0 fully saturated rings. The predicted molar refractivity (Wildman–Crippen MR) is 67.3 cm³/mol. The molecule has 84 valence electrons. The Kier molecular flexibility index (Phi) is 3.38. The van der Waals surface area contributed by atoms with Crippen molar-refractivity contribution < 1.29 is 0 Å². The second-order valence-corrected chi connectivity index (χ2v) is 4.79. The van der Waals surface area contributed by atoms with Gasteiger partial charge in [-0.1, -0.05) is 22.9 Å². The molecule has 0 atom stereocenters. The molecule has 0 aliphatic rings. The Hall–Kier alpha value is -1.17. The van der Waals surface area contributed by atoms with Gasteiger partial charge in [0.25, 0.3) is 0 Å². The minimum atomic E-state index is 0.416. The van der Waals surface area contributed by atoms with Crippen molar-refractivity contribution >= 4 is 33.8 Å². The van der Waals surface area contributed by atoms with Crippen LogP contribution in [0.25, 0.3) is 0 Å². The normalized spacial score (nSPS) is 10.4. The number of nitrogens with two attached hydrogens (primary N) is 1. The highest BCUT2D eigenvalue weighted by atomic mass is 35.5. The predicted octanol–water partition coefficient (Wildman–Crippen LogP) is 2.70. The lowest BCUT2D eigenvalue weighted by Crippen LogP contribution is -1.94. The second kappa shape index (κ2) is 4.78. The number of rotatable bonds is 3. The lowest BCUT2D eigenvalue weighted by molar-refractivity contribution is 0.960. The van der Waals surface area contributed by atoms with Gasteiger partial charge in [-0.05, 0) is 30.7 Å². The molecule has 0 aliphatic carbocycles. The van der Waals surface area contributed by atoms with E-state index in [0.29, 0.717) is 6.54 Å². The Bertz CT molecular complexity index is 497. The zero-order valence-corrected chi connectivity index (χ0v) is 10.3. The molecule has 6 heteroatoms. The molecule has 4 nitrogen and oxygen atoms in total. The number of benzene rings is 1. The lowest BCUT2D eigenvalue weighted by Gasteiger charge is -2.05. The van der Waals surface area contributed by atoms with Gasteiger partial charge in [0.2, 0.25) is 5.13 Å². The standard InChI is InChI=1S/C10H11ClN4S/c1-6-4-7(11)2-3-8(6)13-10-15-14-9(5-12)16-10/h2-4H,5,12H2,1H3,(H,13,15). The third kappa shape index (κ3) is 2.49. The van der Waals surface area contributed by atoms with Gasteiger partial charge in [0, 0.05) is 17.3 Å². The van der Waals surface area contributed by atoms with E-state index in [9.17, 15) is 0 Å². The molecule has 0 unspecified atom stereocenters. The molecular formula is C10H11ClN4S. The van der Waals surface area contributed by atoms with Crippen LogP contribution in [0.2, 0.25) is 5.02 Å². The van der Waals surface area contributed by atoms with Crippen LogP contribution >= 0.6 is 22.9 Å². The quantitative estimate of drug-likeness (QED) is 0.884. The minimum Gasteiger partial charge on any atom is -0.330 e. The third-order valence-electron chi connectivity index (χ3n) is 2.07. The molecule has 1 heterocycles. The van der Waals surface area contributed by atoms with E-state index in [1.807, 2.05) is 25.1 Å². The van der Waals surface area contributed by atoms with Crippen LogP contribution < -0.4 is 11.1 Å². The van der Waals surface area contributed by atoms with Gasteiger partial charge in [0.15, 0.2) is 0 Å². The minimum absolute atomic E-state index is 0.416. The first-order chi connectivity index (χ1) is 7.69. The molecule has 3 N–H and O–H groups in total. The summed E-state index contributed by atoms with van der Waals surface area (Å²) in [6.07, 6.45) is 0. The number of aryl methyl sites for hydroxylation is 1. The molecule has 2 rings (SSSR count). The first-order valence-corrected chi connectivity index (χ1v) is 5.94.